The van der Waals surface area contributed by atoms with E-state index in [1.807, 2.05) is 13.0 Å². The third kappa shape index (κ3) is 2.06. The van der Waals surface area contributed by atoms with E-state index < -0.39 is 0 Å². The topological polar surface area (TPSA) is 40.6 Å². The number of hydrogen-bond donors (Lipinski definition) is 1. The van der Waals surface area contributed by atoms with Crippen molar-refractivity contribution in [1.29, 1.82) is 0 Å². The van der Waals surface area contributed by atoms with Crippen LogP contribution in [0.15, 0.2) is 29.2 Å². The van der Waals surface area contributed by atoms with Crippen molar-refractivity contribution < 1.29 is 4.84 Å². The average molecular weight is 217 g/mol. The molecule has 0 spiro atoms. The minimum absolute atomic E-state index is 0.898. The Balaban J connectivity index is 2.33. The Kier molecular flexibility index (Phi) is 2.92. The molecule has 0 aliphatic carbocycles. The Bertz CT molecular complexity index is 469. The van der Waals surface area contributed by atoms with Crippen LogP contribution < -0.4 is 0 Å². The molecular formula is C12H15N3O. The van der Waals surface area contributed by atoms with Gasteiger partial charge >= 0.3 is 0 Å². The van der Waals surface area contributed by atoms with Crippen molar-refractivity contribution in [3.05, 3.63) is 41.1 Å². The summed E-state index contributed by atoms with van der Waals surface area (Å²) < 4.78 is 0. The van der Waals surface area contributed by atoms with Crippen LogP contribution in [0, 0.1) is 13.8 Å². The summed E-state index contributed by atoms with van der Waals surface area (Å²) in [5.41, 5.74) is 4.34. The average Bonchev–Trinajstić information content (AvgIpc) is 2.58. The van der Waals surface area contributed by atoms with Crippen molar-refractivity contribution in [2.75, 3.05) is 7.11 Å². The molecule has 0 aromatic carbocycles. The highest BCUT2D eigenvalue weighted by molar-refractivity contribution is 5.85. The van der Waals surface area contributed by atoms with Gasteiger partial charge in [0.15, 0.2) is 0 Å². The monoisotopic (exact) mass is 217 g/mol. The Hall–Kier alpha value is -1.81. The first kappa shape index (κ1) is 10.7. The van der Waals surface area contributed by atoms with Gasteiger partial charge in [0.05, 0.1) is 25.2 Å². The van der Waals surface area contributed by atoms with Gasteiger partial charge in [-0.3, -0.25) is 9.83 Å². The molecule has 4 heteroatoms. The van der Waals surface area contributed by atoms with Gasteiger partial charge in [0, 0.05) is 17.6 Å². The summed E-state index contributed by atoms with van der Waals surface area (Å²) in [6, 6.07) is 2.11. The van der Waals surface area contributed by atoms with Crippen molar-refractivity contribution in [3.8, 4) is 0 Å². The molecule has 1 N–H and O–H groups in total. The smallest absolute Gasteiger partial charge is 0.0892 e. The lowest BCUT2D eigenvalue weighted by molar-refractivity contribution is -0.0498. The first-order chi connectivity index (χ1) is 7.70. The molecule has 2 rings (SSSR count). The van der Waals surface area contributed by atoms with Crippen LogP contribution in [0.3, 0.4) is 0 Å². The standard InChI is InChI=1S/C12H15N3O/c1-9-6-10(2)14-12(9)7-11-8-13-4-5-15(11)16-3/h4-8,14H,1-3H3/b11-7-. The third-order valence-corrected chi connectivity index (χ3v) is 2.43. The quantitative estimate of drug-likeness (QED) is 0.826. The van der Waals surface area contributed by atoms with Crippen molar-refractivity contribution in [2.45, 2.75) is 13.8 Å². The number of aromatic amines is 1. The maximum absolute atomic E-state index is 5.20. The minimum Gasteiger partial charge on any atom is -0.359 e. The van der Waals surface area contributed by atoms with Crippen LogP contribution in [-0.2, 0) is 4.84 Å². The Morgan fingerprint density at radius 3 is 2.88 bits per heavy atom. The number of aliphatic imine (C=N–C) groups is 1. The summed E-state index contributed by atoms with van der Waals surface area (Å²) in [6.07, 6.45) is 7.24. The summed E-state index contributed by atoms with van der Waals surface area (Å²) in [4.78, 5) is 12.6. The summed E-state index contributed by atoms with van der Waals surface area (Å²) in [6.45, 7) is 4.11. The number of hydrogen-bond acceptors (Lipinski definition) is 3. The van der Waals surface area contributed by atoms with Gasteiger partial charge in [0.2, 0.25) is 0 Å². The van der Waals surface area contributed by atoms with E-state index in [2.05, 4.69) is 23.0 Å². The molecule has 0 bridgehead atoms. The lowest BCUT2D eigenvalue weighted by Gasteiger charge is -2.19. The van der Waals surface area contributed by atoms with E-state index >= 15 is 0 Å². The second-order valence-corrected chi connectivity index (χ2v) is 3.70. The van der Waals surface area contributed by atoms with Crippen LogP contribution in [0.2, 0.25) is 0 Å². The largest absolute Gasteiger partial charge is 0.359 e. The lowest BCUT2D eigenvalue weighted by atomic mass is 10.2. The minimum atomic E-state index is 0.898. The number of aromatic nitrogens is 1. The molecule has 0 amide bonds. The van der Waals surface area contributed by atoms with Gasteiger partial charge in [-0.25, -0.2) is 5.06 Å². The molecule has 1 aromatic rings. The maximum Gasteiger partial charge on any atom is 0.0892 e. The molecule has 1 aromatic heterocycles. The normalized spacial score (nSPS) is 17.4. The molecule has 2 heterocycles. The first-order valence-corrected chi connectivity index (χ1v) is 5.12. The van der Waals surface area contributed by atoms with Crippen molar-refractivity contribution in [2.24, 2.45) is 4.99 Å². The number of nitrogens with zero attached hydrogens (tertiary/aromatic N) is 2. The van der Waals surface area contributed by atoms with Crippen molar-refractivity contribution in [1.82, 2.24) is 10.0 Å². The molecule has 16 heavy (non-hydrogen) atoms. The molecule has 0 unspecified atom stereocenters. The number of aryl methyl sites for hydroxylation is 2. The van der Waals surface area contributed by atoms with E-state index in [9.17, 15) is 0 Å². The summed E-state index contributed by atoms with van der Waals surface area (Å²) >= 11 is 0. The van der Waals surface area contributed by atoms with E-state index in [-0.39, 0.29) is 0 Å². The molecule has 0 radical (unpaired) electrons. The van der Waals surface area contributed by atoms with Crippen LogP contribution in [0.5, 0.6) is 0 Å². The second-order valence-electron chi connectivity index (χ2n) is 3.70. The van der Waals surface area contributed by atoms with Gasteiger partial charge in [-0.1, -0.05) is 0 Å². The molecule has 4 nitrogen and oxygen atoms in total. The predicted molar refractivity (Wildman–Crippen MR) is 64.7 cm³/mol. The van der Waals surface area contributed by atoms with Gasteiger partial charge in [-0.15, -0.1) is 0 Å². The molecule has 0 saturated heterocycles. The molecule has 1 aliphatic heterocycles. The van der Waals surface area contributed by atoms with E-state index in [0.29, 0.717) is 0 Å². The fourth-order valence-corrected chi connectivity index (χ4v) is 1.68. The van der Waals surface area contributed by atoms with Crippen LogP contribution in [0.25, 0.3) is 6.08 Å². The predicted octanol–water partition coefficient (Wildman–Crippen LogP) is 2.39. The zero-order valence-electron chi connectivity index (χ0n) is 9.69. The maximum atomic E-state index is 5.20. The zero-order chi connectivity index (χ0) is 11.5. The fraction of sp³-hybridized carbons (Fsp3) is 0.250. The van der Waals surface area contributed by atoms with Crippen LogP contribution in [-0.4, -0.2) is 23.4 Å². The number of hydroxylamine groups is 2. The molecule has 0 atom stereocenters. The number of rotatable bonds is 2. The molecule has 84 valence electrons. The van der Waals surface area contributed by atoms with Crippen LogP contribution >= 0.6 is 0 Å². The van der Waals surface area contributed by atoms with Gasteiger partial charge in [-0.05, 0) is 31.6 Å². The van der Waals surface area contributed by atoms with E-state index in [4.69, 9.17) is 4.84 Å². The molecule has 0 fully saturated rings. The summed E-state index contributed by atoms with van der Waals surface area (Å²) in [5, 5.41) is 1.67. The summed E-state index contributed by atoms with van der Waals surface area (Å²) in [7, 11) is 1.63. The molecular weight excluding hydrogens is 202 g/mol. The zero-order valence-corrected chi connectivity index (χ0v) is 9.69. The van der Waals surface area contributed by atoms with E-state index in [1.54, 1.807) is 30.8 Å². The van der Waals surface area contributed by atoms with Gasteiger partial charge < -0.3 is 4.98 Å². The third-order valence-electron chi connectivity index (χ3n) is 2.43. The number of allylic oxidation sites excluding steroid dienone is 1. The van der Waals surface area contributed by atoms with E-state index in [0.717, 1.165) is 17.1 Å². The fourth-order valence-electron chi connectivity index (χ4n) is 1.68. The first-order valence-electron chi connectivity index (χ1n) is 5.12. The van der Waals surface area contributed by atoms with Crippen LogP contribution in [0.4, 0.5) is 0 Å². The Morgan fingerprint density at radius 2 is 2.25 bits per heavy atom. The van der Waals surface area contributed by atoms with Crippen LogP contribution in [0.1, 0.15) is 17.0 Å². The Labute approximate surface area is 94.9 Å². The van der Waals surface area contributed by atoms with E-state index in [1.165, 1.54) is 5.56 Å². The number of H-pyrrole nitrogens is 1. The van der Waals surface area contributed by atoms with Gasteiger partial charge in [0.25, 0.3) is 0 Å². The lowest BCUT2D eigenvalue weighted by Crippen LogP contribution is -2.17. The molecule has 0 saturated carbocycles. The Morgan fingerprint density at radius 1 is 1.44 bits per heavy atom. The highest BCUT2D eigenvalue weighted by atomic mass is 16.7. The van der Waals surface area contributed by atoms with Gasteiger partial charge in [-0.2, -0.15) is 0 Å². The second kappa shape index (κ2) is 4.37. The number of nitrogens with one attached hydrogen (secondary N) is 1. The summed E-state index contributed by atoms with van der Waals surface area (Å²) in [5.74, 6) is 0. The highest BCUT2D eigenvalue weighted by Crippen LogP contribution is 2.16. The van der Waals surface area contributed by atoms with Gasteiger partial charge in [0.1, 0.15) is 0 Å². The highest BCUT2D eigenvalue weighted by Gasteiger charge is 2.08. The van der Waals surface area contributed by atoms with Crippen molar-refractivity contribution in [3.63, 3.8) is 0 Å². The molecule has 1 aliphatic rings. The SMILES string of the molecule is CON1C=CN=C/C1=C/c1[nH]c(C)cc1C. The van der Waals surface area contributed by atoms with Crippen molar-refractivity contribution >= 4 is 12.3 Å².